The van der Waals surface area contributed by atoms with Gasteiger partial charge in [-0.2, -0.15) is 0 Å². The number of nitrogens with zero attached hydrogens (tertiary/aromatic N) is 1. The summed E-state index contributed by atoms with van der Waals surface area (Å²) in [5, 5.41) is 10.6. The summed E-state index contributed by atoms with van der Waals surface area (Å²) < 4.78 is 0. The minimum absolute atomic E-state index is 0.163. The van der Waals surface area contributed by atoms with E-state index in [1.54, 1.807) is 0 Å². The molecule has 6 heteroatoms. The Morgan fingerprint density at radius 2 is 2.33 bits per heavy atom. The zero-order valence-corrected chi connectivity index (χ0v) is 7.47. The van der Waals surface area contributed by atoms with Gasteiger partial charge in [0, 0.05) is 23.6 Å². The zero-order chi connectivity index (χ0) is 9.35. The Hall–Kier alpha value is -0.580. The Morgan fingerprint density at radius 1 is 1.75 bits per heavy atom. The SMILES string of the molecule is NC1(Cl)C=C([N+](=O)[O-])C=C(Cl)C1. The van der Waals surface area contributed by atoms with E-state index < -0.39 is 9.92 Å². The highest BCUT2D eigenvalue weighted by Gasteiger charge is 2.28. The first-order chi connectivity index (χ1) is 5.41. The van der Waals surface area contributed by atoms with Crippen molar-refractivity contribution in [3.05, 3.63) is 33.0 Å². The van der Waals surface area contributed by atoms with E-state index in [1.807, 2.05) is 0 Å². The maximum Gasteiger partial charge on any atom is 0.269 e. The van der Waals surface area contributed by atoms with Crippen molar-refractivity contribution in [1.29, 1.82) is 0 Å². The van der Waals surface area contributed by atoms with Crippen LogP contribution in [0.4, 0.5) is 0 Å². The zero-order valence-electron chi connectivity index (χ0n) is 5.96. The van der Waals surface area contributed by atoms with Crippen LogP contribution in [0.1, 0.15) is 6.42 Å². The number of rotatable bonds is 1. The maximum absolute atomic E-state index is 10.3. The smallest absolute Gasteiger partial charge is 0.269 e. The molecule has 66 valence electrons. The van der Waals surface area contributed by atoms with E-state index in [-0.39, 0.29) is 12.1 Å². The molecule has 0 aliphatic heterocycles. The number of hydrogen-bond donors (Lipinski definition) is 1. The molecular weight excluding hydrogens is 203 g/mol. The molecule has 1 rings (SSSR count). The molecule has 0 spiro atoms. The highest BCUT2D eigenvalue weighted by molar-refractivity contribution is 6.32. The summed E-state index contributed by atoms with van der Waals surface area (Å²) in [5.74, 6) is 0. The van der Waals surface area contributed by atoms with E-state index in [0.717, 1.165) is 0 Å². The molecule has 0 heterocycles. The molecule has 0 fully saturated rings. The van der Waals surface area contributed by atoms with Crippen LogP contribution in [0.15, 0.2) is 22.9 Å². The predicted octanol–water partition coefficient (Wildman–Crippen LogP) is 1.57. The van der Waals surface area contributed by atoms with Crippen LogP contribution >= 0.6 is 23.2 Å². The fourth-order valence-electron chi connectivity index (χ4n) is 0.914. The van der Waals surface area contributed by atoms with E-state index in [2.05, 4.69) is 0 Å². The Labute approximate surface area is 78.8 Å². The van der Waals surface area contributed by atoms with Crippen LogP contribution in [0.5, 0.6) is 0 Å². The second-order valence-electron chi connectivity index (χ2n) is 2.52. The summed E-state index contributed by atoms with van der Waals surface area (Å²) in [5.41, 5.74) is 5.29. The van der Waals surface area contributed by atoms with E-state index in [1.165, 1.54) is 12.2 Å². The van der Waals surface area contributed by atoms with Gasteiger partial charge in [-0.1, -0.05) is 23.2 Å². The van der Waals surface area contributed by atoms with Crippen LogP contribution < -0.4 is 5.73 Å². The Bertz CT molecular complexity index is 283. The van der Waals surface area contributed by atoms with E-state index >= 15 is 0 Å². The number of halogens is 2. The van der Waals surface area contributed by atoms with Crippen LogP contribution in [0.25, 0.3) is 0 Å². The van der Waals surface area contributed by atoms with Gasteiger partial charge in [0.05, 0.1) is 4.92 Å². The van der Waals surface area contributed by atoms with Gasteiger partial charge in [-0.3, -0.25) is 10.1 Å². The molecule has 1 aliphatic carbocycles. The minimum Gasteiger partial charge on any atom is -0.309 e. The molecule has 1 aliphatic rings. The van der Waals surface area contributed by atoms with Gasteiger partial charge in [-0.25, -0.2) is 0 Å². The van der Waals surface area contributed by atoms with Gasteiger partial charge in [0.25, 0.3) is 5.70 Å². The molecule has 0 radical (unpaired) electrons. The number of allylic oxidation sites excluding steroid dienone is 1. The Morgan fingerprint density at radius 3 is 2.75 bits per heavy atom. The first kappa shape index (κ1) is 9.51. The van der Waals surface area contributed by atoms with Crippen molar-refractivity contribution in [2.75, 3.05) is 0 Å². The lowest BCUT2D eigenvalue weighted by atomic mass is 10.1. The Balaban J connectivity index is 3.01. The molecule has 1 atom stereocenters. The van der Waals surface area contributed by atoms with Crippen LogP contribution in [0.3, 0.4) is 0 Å². The second kappa shape index (κ2) is 3.05. The molecule has 0 aromatic heterocycles. The normalized spacial score (nSPS) is 29.2. The number of alkyl halides is 1. The molecule has 0 saturated carbocycles. The summed E-state index contributed by atoms with van der Waals surface area (Å²) in [6, 6.07) is 0. The molecule has 0 saturated heterocycles. The number of hydrogen-bond acceptors (Lipinski definition) is 3. The molecule has 0 bridgehead atoms. The van der Waals surface area contributed by atoms with E-state index in [4.69, 9.17) is 28.9 Å². The fraction of sp³-hybridized carbons (Fsp3) is 0.333. The van der Waals surface area contributed by atoms with E-state index in [9.17, 15) is 10.1 Å². The van der Waals surface area contributed by atoms with Crippen molar-refractivity contribution >= 4 is 23.2 Å². The lowest BCUT2D eigenvalue weighted by molar-refractivity contribution is -0.419. The largest absolute Gasteiger partial charge is 0.309 e. The van der Waals surface area contributed by atoms with Crippen molar-refractivity contribution in [2.45, 2.75) is 11.4 Å². The Kier molecular flexibility index (Phi) is 2.41. The highest BCUT2D eigenvalue weighted by Crippen LogP contribution is 2.29. The summed E-state index contributed by atoms with van der Waals surface area (Å²) in [4.78, 5) is 8.50. The van der Waals surface area contributed by atoms with Gasteiger partial charge in [0.15, 0.2) is 0 Å². The van der Waals surface area contributed by atoms with Crippen molar-refractivity contribution in [3.63, 3.8) is 0 Å². The topological polar surface area (TPSA) is 69.2 Å². The van der Waals surface area contributed by atoms with Crippen molar-refractivity contribution < 1.29 is 4.92 Å². The monoisotopic (exact) mass is 208 g/mol. The third-order valence-electron chi connectivity index (χ3n) is 1.34. The number of nitro groups is 1. The average Bonchev–Trinajstić information content (AvgIpc) is 1.82. The van der Waals surface area contributed by atoms with Crippen molar-refractivity contribution in [3.8, 4) is 0 Å². The third kappa shape index (κ3) is 2.20. The lowest BCUT2D eigenvalue weighted by Gasteiger charge is -2.19. The number of nitrogens with two attached hydrogens (primary N) is 1. The highest BCUT2D eigenvalue weighted by atomic mass is 35.5. The van der Waals surface area contributed by atoms with Crippen LogP contribution in [0.2, 0.25) is 0 Å². The average molecular weight is 209 g/mol. The second-order valence-corrected chi connectivity index (χ2v) is 3.71. The summed E-state index contributed by atoms with van der Waals surface area (Å²) >= 11 is 11.3. The van der Waals surface area contributed by atoms with Crippen LogP contribution in [-0.4, -0.2) is 9.92 Å². The molecule has 0 amide bonds. The van der Waals surface area contributed by atoms with E-state index in [0.29, 0.717) is 5.03 Å². The summed E-state index contributed by atoms with van der Waals surface area (Å²) in [6.07, 6.45) is 2.64. The summed E-state index contributed by atoms with van der Waals surface area (Å²) in [6.45, 7) is 0. The lowest BCUT2D eigenvalue weighted by Crippen LogP contribution is -2.33. The van der Waals surface area contributed by atoms with Gasteiger partial charge in [-0.05, 0) is 0 Å². The van der Waals surface area contributed by atoms with Crippen LogP contribution in [-0.2, 0) is 0 Å². The molecule has 12 heavy (non-hydrogen) atoms. The molecule has 4 nitrogen and oxygen atoms in total. The molecule has 2 N–H and O–H groups in total. The van der Waals surface area contributed by atoms with Crippen molar-refractivity contribution in [1.82, 2.24) is 0 Å². The molecule has 1 unspecified atom stereocenters. The van der Waals surface area contributed by atoms with Crippen molar-refractivity contribution in [2.24, 2.45) is 5.73 Å². The van der Waals surface area contributed by atoms with Gasteiger partial charge >= 0.3 is 0 Å². The third-order valence-corrected chi connectivity index (χ3v) is 1.83. The summed E-state index contributed by atoms with van der Waals surface area (Å²) in [7, 11) is 0. The van der Waals surface area contributed by atoms with Crippen LogP contribution in [0, 0.1) is 10.1 Å². The van der Waals surface area contributed by atoms with Gasteiger partial charge in [-0.15, -0.1) is 0 Å². The molecule has 0 aromatic carbocycles. The maximum atomic E-state index is 10.3. The fourth-order valence-corrected chi connectivity index (χ4v) is 1.57. The molecule has 0 aromatic rings. The minimum atomic E-state index is -1.23. The van der Waals surface area contributed by atoms with Gasteiger partial charge < -0.3 is 5.73 Å². The first-order valence-corrected chi connectivity index (χ1v) is 3.87. The quantitative estimate of drug-likeness (QED) is 0.308. The standard InChI is InChI=1S/C6H6Cl2N2O2/c7-4-1-5(10(11)12)3-6(8,9)2-4/h1,3H,2,9H2. The predicted molar refractivity (Wildman–Crippen MR) is 46.4 cm³/mol. The molecular formula is C6H6Cl2N2O2. The van der Waals surface area contributed by atoms with Gasteiger partial charge in [0.2, 0.25) is 0 Å². The van der Waals surface area contributed by atoms with Gasteiger partial charge in [0.1, 0.15) is 5.00 Å². The first-order valence-electron chi connectivity index (χ1n) is 3.12.